The highest BCUT2D eigenvalue weighted by molar-refractivity contribution is 5.40. The first-order valence-electron chi connectivity index (χ1n) is 5.20. The molecular formula is C12H17NO2. The lowest BCUT2D eigenvalue weighted by atomic mass is 9.87. The lowest BCUT2D eigenvalue weighted by Gasteiger charge is -2.38. The maximum atomic E-state index is 10.0. The third kappa shape index (κ3) is 1.98. The molecule has 1 fully saturated rings. The van der Waals surface area contributed by atoms with Crippen LogP contribution in [-0.2, 0) is 6.42 Å². The van der Waals surface area contributed by atoms with E-state index in [1.165, 1.54) is 5.56 Å². The summed E-state index contributed by atoms with van der Waals surface area (Å²) in [5.41, 5.74) is 1.73. The zero-order valence-electron chi connectivity index (χ0n) is 9.21. The molecule has 0 aromatic heterocycles. The summed E-state index contributed by atoms with van der Waals surface area (Å²) in [6.45, 7) is 3.40. The average molecular weight is 207 g/mol. The SMILES string of the molecule is COc1cccc(CC2(O)CNC2)c1C. The molecule has 2 rings (SSSR count). The summed E-state index contributed by atoms with van der Waals surface area (Å²) < 4.78 is 5.25. The molecule has 0 bridgehead atoms. The van der Waals surface area contributed by atoms with E-state index in [0.29, 0.717) is 19.5 Å². The number of hydrogen-bond acceptors (Lipinski definition) is 3. The molecule has 1 aromatic rings. The van der Waals surface area contributed by atoms with Gasteiger partial charge in [-0.3, -0.25) is 0 Å². The third-order valence-electron chi connectivity index (χ3n) is 3.04. The summed E-state index contributed by atoms with van der Waals surface area (Å²) in [4.78, 5) is 0. The first-order chi connectivity index (χ1) is 7.14. The van der Waals surface area contributed by atoms with Crippen LogP contribution in [0.25, 0.3) is 0 Å². The standard InChI is InChI=1S/C12H17NO2/c1-9-10(4-3-5-11(9)15-2)6-12(14)7-13-8-12/h3-5,13-14H,6-8H2,1-2H3. The van der Waals surface area contributed by atoms with Crippen molar-refractivity contribution in [2.45, 2.75) is 18.9 Å². The van der Waals surface area contributed by atoms with Gasteiger partial charge in [0.25, 0.3) is 0 Å². The normalized spacial score (nSPS) is 18.3. The van der Waals surface area contributed by atoms with E-state index in [2.05, 4.69) is 5.32 Å². The van der Waals surface area contributed by atoms with Crippen molar-refractivity contribution < 1.29 is 9.84 Å². The van der Waals surface area contributed by atoms with Gasteiger partial charge in [-0.05, 0) is 24.1 Å². The molecule has 0 saturated carbocycles. The minimum Gasteiger partial charge on any atom is -0.496 e. The van der Waals surface area contributed by atoms with Crippen molar-refractivity contribution in [3.05, 3.63) is 29.3 Å². The lowest BCUT2D eigenvalue weighted by Crippen LogP contribution is -2.60. The summed E-state index contributed by atoms with van der Waals surface area (Å²) in [6, 6.07) is 5.96. The van der Waals surface area contributed by atoms with Crippen molar-refractivity contribution >= 4 is 0 Å². The van der Waals surface area contributed by atoms with Crippen LogP contribution < -0.4 is 10.1 Å². The minimum atomic E-state index is -0.558. The van der Waals surface area contributed by atoms with Gasteiger partial charge < -0.3 is 15.2 Å². The zero-order chi connectivity index (χ0) is 10.9. The van der Waals surface area contributed by atoms with Crippen molar-refractivity contribution in [3.8, 4) is 5.75 Å². The van der Waals surface area contributed by atoms with E-state index in [1.54, 1.807) is 7.11 Å². The first-order valence-corrected chi connectivity index (χ1v) is 5.20. The van der Waals surface area contributed by atoms with Crippen molar-refractivity contribution in [1.29, 1.82) is 0 Å². The quantitative estimate of drug-likeness (QED) is 0.773. The summed E-state index contributed by atoms with van der Waals surface area (Å²) in [7, 11) is 1.67. The predicted molar refractivity (Wildman–Crippen MR) is 59.3 cm³/mol. The number of rotatable bonds is 3. The maximum Gasteiger partial charge on any atom is 0.122 e. The second-order valence-electron chi connectivity index (χ2n) is 4.25. The van der Waals surface area contributed by atoms with Gasteiger partial charge in [0, 0.05) is 19.5 Å². The van der Waals surface area contributed by atoms with Crippen LogP contribution in [0.1, 0.15) is 11.1 Å². The van der Waals surface area contributed by atoms with E-state index >= 15 is 0 Å². The van der Waals surface area contributed by atoms with Crippen LogP contribution in [0.2, 0.25) is 0 Å². The molecular weight excluding hydrogens is 190 g/mol. The van der Waals surface area contributed by atoms with Crippen molar-refractivity contribution in [2.75, 3.05) is 20.2 Å². The molecule has 1 aromatic carbocycles. The highest BCUT2D eigenvalue weighted by Crippen LogP contribution is 2.25. The van der Waals surface area contributed by atoms with Crippen LogP contribution in [0.4, 0.5) is 0 Å². The Morgan fingerprint density at radius 2 is 2.20 bits per heavy atom. The Morgan fingerprint density at radius 1 is 1.47 bits per heavy atom. The molecule has 0 atom stereocenters. The highest BCUT2D eigenvalue weighted by Gasteiger charge is 2.34. The monoisotopic (exact) mass is 207 g/mol. The van der Waals surface area contributed by atoms with Gasteiger partial charge in [-0.2, -0.15) is 0 Å². The largest absolute Gasteiger partial charge is 0.496 e. The van der Waals surface area contributed by atoms with Crippen molar-refractivity contribution in [2.24, 2.45) is 0 Å². The summed E-state index contributed by atoms with van der Waals surface area (Å²) in [5.74, 6) is 0.892. The van der Waals surface area contributed by atoms with Gasteiger partial charge in [0.15, 0.2) is 0 Å². The van der Waals surface area contributed by atoms with E-state index in [9.17, 15) is 5.11 Å². The maximum absolute atomic E-state index is 10.0. The van der Waals surface area contributed by atoms with Crippen LogP contribution in [0, 0.1) is 6.92 Å². The molecule has 0 spiro atoms. The van der Waals surface area contributed by atoms with Crippen LogP contribution in [-0.4, -0.2) is 30.9 Å². The van der Waals surface area contributed by atoms with Gasteiger partial charge in [-0.25, -0.2) is 0 Å². The number of benzene rings is 1. The van der Waals surface area contributed by atoms with Gasteiger partial charge in [0.1, 0.15) is 5.75 Å². The molecule has 0 radical (unpaired) electrons. The summed E-state index contributed by atoms with van der Waals surface area (Å²) >= 11 is 0. The highest BCUT2D eigenvalue weighted by atomic mass is 16.5. The second-order valence-corrected chi connectivity index (χ2v) is 4.25. The fourth-order valence-electron chi connectivity index (χ4n) is 1.97. The molecule has 0 amide bonds. The van der Waals surface area contributed by atoms with E-state index < -0.39 is 5.60 Å². The van der Waals surface area contributed by atoms with E-state index in [1.807, 2.05) is 25.1 Å². The van der Waals surface area contributed by atoms with E-state index in [0.717, 1.165) is 11.3 Å². The summed E-state index contributed by atoms with van der Waals surface area (Å²) in [5, 5.41) is 13.1. The molecule has 0 unspecified atom stereocenters. The van der Waals surface area contributed by atoms with E-state index in [4.69, 9.17) is 4.74 Å². The van der Waals surface area contributed by atoms with Gasteiger partial charge in [0.05, 0.1) is 12.7 Å². The Bertz CT molecular complexity index is 359. The number of aliphatic hydroxyl groups is 1. The van der Waals surface area contributed by atoms with Crippen molar-refractivity contribution in [3.63, 3.8) is 0 Å². The molecule has 3 nitrogen and oxygen atoms in total. The van der Waals surface area contributed by atoms with E-state index in [-0.39, 0.29) is 0 Å². The van der Waals surface area contributed by atoms with Gasteiger partial charge in [-0.1, -0.05) is 12.1 Å². The Hall–Kier alpha value is -1.06. The average Bonchev–Trinajstić information content (AvgIpc) is 2.19. The van der Waals surface area contributed by atoms with Crippen molar-refractivity contribution in [1.82, 2.24) is 5.32 Å². The molecule has 15 heavy (non-hydrogen) atoms. The number of nitrogens with one attached hydrogen (secondary N) is 1. The summed E-state index contributed by atoms with van der Waals surface area (Å²) in [6.07, 6.45) is 0.697. The molecule has 1 aliphatic rings. The number of β-amino-alcohol motifs (C(OH)–C–C–N with tert-alkyl or cyclic N) is 1. The molecule has 82 valence electrons. The van der Waals surface area contributed by atoms with Gasteiger partial charge >= 0.3 is 0 Å². The molecule has 0 aliphatic carbocycles. The smallest absolute Gasteiger partial charge is 0.122 e. The molecule has 1 saturated heterocycles. The number of hydrogen-bond donors (Lipinski definition) is 2. The van der Waals surface area contributed by atoms with Crippen LogP contribution in [0.5, 0.6) is 5.75 Å². The number of ether oxygens (including phenoxy) is 1. The second kappa shape index (κ2) is 3.83. The molecule has 1 aliphatic heterocycles. The Kier molecular flexibility index (Phi) is 2.67. The first kappa shape index (κ1) is 10.5. The van der Waals surface area contributed by atoms with Crippen LogP contribution in [0.15, 0.2) is 18.2 Å². The molecule has 1 heterocycles. The Labute approximate surface area is 90.1 Å². The predicted octanol–water partition coefficient (Wildman–Crippen LogP) is 0.880. The minimum absolute atomic E-state index is 0.558. The Morgan fingerprint density at radius 3 is 2.73 bits per heavy atom. The Balaban J connectivity index is 2.20. The van der Waals surface area contributed by atoms with Crippen LogP contribution in [0.3, 0.4) is 0 Å². The fraction of sp³-hybridized carbons (Fsp3) is 0.500. The zero-order valence-corrected chi connectivity index (χ0v) is 9.21. The van der Waals surface area contributed by atoms with Gasteiger partial charge in [-0.15, -0.1) is 0 Å². The third-order valence-corrected chi connectivity index (χ3v) is 3.04. The topological polar surface area (TPSA) is 41.5 Å². The lowest BCUT2D eigenvalue weighted by molar-refractivity contribution is -0.00916. The fourth-order valence-corrected chi connectivity index (χ4v) is 1.97. The molecule has 3 heteroatoms. The number of methoxy groups -OCH3 is 1. The van der Waals surface area contributed by atoms with Crippen LogP contribution >= 0.6 is 0 Å². The molecule has 2 N–H and O–H groups in total. The van der Waals surface area contributed by atoms with Gasteiger partial charge in [0.2, 0.25) is 0 Å².